The summed E-state index contributed by atoms with van der Waals surface area (Å²) in [6.07, 6.45) is -0.302. The number of nitrogens with zero attached hydrogens (tertiary/aromatic N) is 1. The lowest BCUT2D eigenvalue weighted by Crippen LogP contribution is -2.08. The second-order valence-electron chi connectivity index (χ2n) is 6.62. The molecule has 0 aliphatic heterocycles. The van der Waals surface area contributed by atoms with E-state index in [-0.39, 0.29) is 6.10 Å². The van der Waals surface area contributed by atoms with E-state index < -0.39 is 0 Å². The van der Waals surface area contributed by atoms with E-state index in [0.29, 0.717) is 5.02 Å². The lowest BCUT2D eigenvalue weighted by atomic mass is 10.0. The molecule has 0 spiro atoms. The van der Waals surface area contributed by atoms with E-state index in [1.165, 1.54) is 0 Å². The molecule has 0 aliphatic rings. The maximum absolute atomic E-state index is 6.17. The van der Waals surface area contributed by atoms with Gasteiger partial charge in [-0.2, -0.15) is 0 Å². The third kappa shape index (κ3) is 4.74. The van der Waals surface area contributed by atoms with Gasteiger partial charge in [-0.05, 0) is 23.3 Å². The van der Waals surface area contributed by atoms with Crippen LogP contribution in [0, 0.1) is 0 Å². The summed E-state index contributed by atoms with van der Waals surface area (Å²) in [5, 5.41) is 5.31. The minimum Gasteiger partial charge on any atom is -0.382 e. The fourth-order valence-electron chi connectivity index (χ4n) is 3.15. The zero-order valence-electron chi connectivity index (χ0n) is 15.8. The summed E-state index contributed by atoms with van der Waals surface area (Å²) in [5.41, 5.74) is 4.78. The van der Waals surface area contributed by atoms with Gasteiger partial charge in [0.2, 0.25) is 0 Å². The first-order valence-electron chi connectivity index (χ1n) is 9.46. The highest BCUT2D eigenvalue weighted by Crippen LogP contribution is 2.27. The molecule has 2 nitrogen and oxygen atoms in total. The third-order valence-corrected chi connectivity index (χ3v) is 4.87. The van der Waals surface area contributed by atoms with Gasteiger partial charge in [-0.1, -0.05) is 120 Å². The highest BCUT2D eigenvalue weighted by Gasteiger charge is 2.16. The lowest BCUT2D eigenvalue weighted by molar-refractivity contribution is 0.0877. The molecule has 29 heavy (non-hydrogen) atoms. The van der Waals surface area contributed by atoms with E-state index in [0.717, 1.165) is 28.0 Å². The van der Waals surface area contributed by atoms with Crippen molar-refractivity contribution in [3.05, 3.63) is 143 Å². The molecule has 4 rings (SSSR count). The molecule has 0 unspecified atom stereocenters. The Morgan fingerprint density at radius 2 is 1.03 bits per heavy atom. The van der Waals surface area contributed by atoms with E-state index in [2.05, 4.69) is 29.4 Å². The Labute approximate surface area is 176 Å². The van der Waals surface area contributed by atoms with Crippen LogP contribution in [0.3, 0.4) is 0 Å². The largest absolute Gasteiger partial charge is 0.382 e. The molecule has 0 N–H and O–H groups in total. The highest BCUT2D eigenvalue weighted by atomic mass is 35.5. The molecule has 0 fully saturated rings. The van der Waals surface area contributed by atoms with Gasteiger partial charge < -0.3 is 4.84 Å². The summed E-state index contributed by atoms with van der Waals surface area (Å²) in [7, 11) is 0. The normalized spacial score (nSPS) is 11.4. The van der Waals surface area contributed by atoms with Crippen molar-refractivity contribution in [3.8, 4) is 0 Å². The Balaban J connectivity index is 1.75. The Bertz CT molecular complexity index is 1020. The molecule has 0 radical (unpaired) electrons. The Hall–Kier alpha value is -3.36. The van der Waals surface area contributed by atoms with Crippen molar-refractivity contribution in [2.24, 2.45) is 5.16 Å². The van der Waals surface area contributed by atoms with Crippen molar-refractivity contribution in [1.29, 1.82) is 0 Å². The van der Waals surface area contributed by atoms with Crippen LogP contribution in [0.4, 0.5) is 0 Å². The first kappa shape index (κ1) is 19.0. The van der Waals surface area contributed by atoms with Gasteiger partial charge in [0.25, 0.3) is 0 Å². The Kier molecular flexibility index (Phi) is 6.04. The van der Waals surface area contributed by atoms with Crippen LogP contribution in [0.15, 0.2) is 120 Å². The zero-order chi connectivity index (χ0) is 19.9. The standard InChI is InChI=1S/C26H20ClNO/c27-24-18-16-21(17-19-24)25(20-10-4-1-5-11-20)28-29-26(22-12-6-2-7-13-22)23-14-8-3-9-15-23/h1-19,26H. The molecule has 0 aromatic heterocycles. The fraction of sp³-hybridized carbons (Fsp3) is 0.0385. The minimum absolute atomic E-state index is 0.302. The molecule has 4 aromatic carbocycles. The van der Waals surface area contributed by atoms with Crippen molar-refractivity contribution in [1.82, 2.24) is 0 Å². The first-order valence-corrected chi connectivity index (χ1v) is 9.84. The molecule has 0 saturated carbocycles. The van der Waals surface area contributed by atoms with Crippen molar-refractivity contribution < 1.29 is 4.84 Å². The monoisotopic (exact) mass is 397 g/mol. The molecular weight excluding hydrogens is 378 g/mol. The summed E-state index contributed by atoms with van der Waals surface area (Å²) in [6.45, 7) is 0. The summed E-state index contributed by atoms with van der Waals surface area (Å²) in [6, 6.07) is 37.9. The van der Waals surface area contributed by atoms with Gasteiger partial charge in [-0.15, -0.1) is 0 Å². The quantitative estimate of drug-likeness (QED) is 0.256. The molecule has 0 saturated heterocycles. The smallest absolute Gasteiger partial charge is 0.177 e. The summed E-state index contributed by atoms with van der Waals surface area (Å²) < 4.78 is 0. The Morgan fingerprint density at radius 3 is 1.55 bits per heavy atom. The summed E-state index contributed by atoms with van der Waals surface area (Å²) in [5.74, 6) is 0. The van der Waals surface area contributed by atoms with Gasteiger partial charge in [-0.3, -0.25) is 0 Å². The maximum atomic E-state index is 6.17. The number of hydrogen-bond acceptors (Lipinski definition) is 2. The molecule has 0 atom stereocenters. The third-order valence-electron chi connectivity index (χ3n) is 4.62. The van der Waals surface area contributed by atoms with Crippen LogP contribution in [0.5, 0.6) is 0 Å². The van der Waals surface area contributed by atoms with E-state index in [4.69, 9.17) is 16.4 Å². The molecule has 4 aromatic rings. The van der Waals surface area contributed by atoms with Crippen LogP contribution in [-0.4, -0.2) is 5.71 Å². The Morgan fingerprint density at radius 1 is 0.586 bits per heavy atom. The second kappa shape index (κ2) is 9.22. The maximum Gasteiger partial charge on any atom is 0.177 e. The predicted molar refractivity (Wildman–Crippen MR) is 119 cm³/mol. The van der Waals surface area contributed by atoms with E-state index in [9.17, 15) is 0 Å². The van der Waals surface area contributed by atoms with Crippen LogP contribution in [0.1, 0.15) is 28.4 Å². The summed E-state index contributed by atoms with van der Waals surface area (Å²) >= 11 is 6.08. The van der Waals surface area contributed by atoms with Gasteiger partial charge in [0.15, 0.2) is 6.10 Å². The SMILES string of the molecule is Clc1ccc(C(=NOC(c2ccccc2)c2ccccc2)c2ccccc2)cc1. The molecule has 0 heterocycles. The van der Waals surface area contributed by atoms with Crippen molar-refractivity contribution in [2.75, 3.05) is 0 Å². The average molecular weight is 398 g/mol. The van der Waals surface area contributed by atoms with Crippen LogP contribution in [0.2, 0.25) is 5.02 Å². The predicted octanol–water partition coefficient (Wildman–Crippen LogP) is 6.90. The van der Waals surface area contributed by atoms with Crippen LogP contribution in [0.25, 0.3) is 0 Å². The minimum atomic E-state index is -0.302. The van der Waals surface area contributed by atoms with Gasteiger partial charge >= 0.3 is 0 Å². The molecule has 0 amide bonds. The molecule has 142 valence electrons. The zero-order valence-corrected chi connectivity index (χ0v) is 16.5. The van der Waals surface area contributed by atoms with Crippen molar-refractivity contribution in [2.45, 2.75) is 6.10 Å². The number of oxime groups is 1. The molecule has 3 heteroatoms. The van der Waals surface area contributed by atoms with Crippen molar-refractivity contribution in [3.63, 3.8) is 0 Å². The van der Waals surface area contributed by atoms with Crippen molar-refractivity contribution >= 4 is 17.3 Å². The van der Waals surface area contributed by atoms with Gasteiger partial charge in [0.05, 0.1) is 0 Å². The van der Waals surface area contributed by atoms with Crippen LogP contribution < -0.4 is 0 Å². The topological polar surface area (TPSA) is 21.6 Å². The number of rotatable bonds is 6. The van der Waals surface area contributed by atoms with Crippen LogP contribution >= 0.6 is 11.6 Å². The van der Waals surface area contributed by atoms with Gasteiger partial charge in [0, 0.05) is 16.1 Å². The number of benzene rings is 4. The van der Waals surface area contributed by atoms with Crippen LogP contribution in [-0.2, 0) is 4.84 Å². The number of hydrogen-bond donors (Lipinski definition) is 0. The van der Waals surface area contributed by atoms with E-state index >= 15 is 0 Å². The molecular formula is C26H20ClNO. The first-order chi connectivity index (χ1) is 14.3. The molecule has 0 bridgehead atoms. The van der Waals surface area contributed by atoms with Gasteiger partial charge in [-0.25, -0.2) is 0 Å². The average Bonchev–Trinajstić information content (AvgIpc) is 2.79. The fourth-order valence-corrected chi connectivity index (χ4v) is 3.28. The van der Waals surface area contributed by atoms with E-state index in [1.807, 2.05) is 91.0 Å². The number of halogens is 1. The van der Waals surface area contributed by atoms with Gasteiger partial charge in [0.1, 0.15) is 5.71 Å². The van der Waals surface area contributed by atoms with E-state index in [1.54, 1.807) is 0 Å². The molecule has 0 aliphatic carbocycles. The lowest BCUT2D eigenvalue weighted by Gasteiger charge is -2.17. The highest BCUT2D eigenvalue weighted by molar-refractivity contribution is 6.30. The second-order valence-corrected chi connectivity index (χ2v) is 7.06. The summed E-state index contributed by atoms with van der Waals surface area (Å²) in [4.78, 5) is 6.17.